The van der Waals surface area contributed by atoms with Crippen LogP contribution in [-0.4, -0.2) is 14.5 Å². The lowest BCUT2D eigenvalue weighted by atomic mass is 10.2. The van der Waals surface area contributed by atoms with Crippen LogP contribution in [0, 0.1) is 12.7 Å². The molecule has 0 aliphatic heterocycles. The summed E-state index contributed by atoms with van der Waals surface area (Å²) in [6.45, 7) is 1.82. The normalized spacial score (nSPS) is 11.1. The summed E-state index contributed by atoms with van der Waals surface area (Å²) in [4.78, 5) is 8.48. The van der Waals surface area contributed by atoms with Crippen molar-refractivity contribution in [1.29, 1.82) is 0 Å². The Kier molecular flexibility index (Phi) is 2.74. The first-order valence-electron chi connectivity index (χ1n) is 5.63. The van der Waals surface area contributed by atoms with Gasteiger partial charge in [0.1, 0.15) is 11.3 Å². The number of nitrogen functional groups attached to an aromatic ring is 1. The van der Waals surface area contributed by atoms with Crippen molar-refractivity contribution < 1.29 is 4.39 Å². The van der Waals surface area contributed by atoms with Gasteiger partial charge in [-0.15, -0.1) is 0 Å². The highest BCUT2D eigenvalue weighted by Crippen LogP contribution is 2.27. The SMILES string of the molecule is Cc1cccc(F)c1-n1c(N)nc2cc(Br)cnc21. The first-order chi connectivity index (χ1) is 9.08. The number of nitrogens with zero attached hydrogens (tertiary/aromatic N) is 3. The number of imidazole rings is 1. The Morgan fingerprint density at radius 3 is 2.89 bits per heavy atom. The van der Waals surface area contributed by atoms with Crippen molar-refractivity contribution in [2.45, 2.75) is 6.92 Å². The Balaban J connectivity index is 2.40. The molecule has 0 spiro atoms. The van der Waals surface area contributed by atoms with Crippen LogP contribution in [0.3, 0.4) is 0 Å². The van der Waals surface area contributed by atoms with Crippen molar-refractivity contribution in [3.8, 4) is 5.69 Å². The van der Waals surface area contributed by atoms with Crippen molar-refractivity contribution in [3.05, 3.63) is 46.3 Å². The molecule has 3 rings (SSSR count). The monoisotopic (exact) mass is 320 g/mol. The Bertz CT molecular complexity index is 761. The molecular weight excluding hydrogens is 311 g/mol. The van der Waals surface area contributed by atoms with Gasteiger partial charge in [-0.3, -0.25) is 4.57 Å². The zero-order chi connectivity index (χ0) is 13.6. The van der Waals surface area contributed by atoms with E-state index in [0.29, 0.717) is 16.9 Å². The summed E-state index contributed by atoms with van der Waals surface area (Å²) in [5, 5.41) is 0. The molecule has 0 aliphatic carbocycles. The van der Waals surface area contributed by atoms with Crippen LogP contribution in [0.15, 0.2) is 34.9 Å². The van der Waals surface area contributed by atoms with E-state index in [0.717, 1.165) is 10.0 Å². The van der Waals surface area contributed by atoms with Crippen LogP contribution >= 0.6 is 15.9 Å². The van der Waals surface area contributed by atoms with E-state index in [4.69, 9.17) is 5.73 Å². The molecule has 2 N–H and O–H groups in total. The standard InChI is InChI=1S/C13H10BrFN4/c1-7-3-2-4-9(15)11(7)19-12-10(18-13(19)16)5-8(14)6-17-12/h2-6H,1H3,(H2,16,18). The molecule has 1 aromatic carbocycles. The molecule has 96 valence electrons. The number of hydrogen-bond donors (Lipinski definition) is 1. The molecule has 6 heteroatoms. The zero-order valence-corrected chi connectivity index (χ0v) is 11.6. The van der Waals surface area contributed by atoms with E-state index in [-0.39, 0.29) is 11.8 Å². The highest BCUT2D eigenvalue weighted by molar-refractivity contribution is 9.10. The van der Waals surface area contributed by atoms with Crippen LogP contribution in [0.1, 0.15) is 5.56 Å². The lowest BCUT2D eigenvalue weighted by Gasteiger charge is -2.10. The summed E-state index contributed by atoms with van der Waals surface area (Å²) in [7, 11) is 0. The van der Waals surface area contributed by atoms with Gasteiger partial charge in [0.25, 0.3) is 0 Å². The van der Waals surface area contributed by atoms with Crippen molar-refractivity contribution in [3.63, 3.8) is 0 Å². The molecule has 0 aliphatic rings. The predicted octanol–water partition coefficient (Wildman–Crippen LogP) is 3.21. The van der Waals surface area contributed by atoms with Crippen molar-refractivity contribution >= 4 is 33.0 Å². The topological polar surface area (TPSA) is 56.7 Å². The van der Waals surface area contributed by atoms with Crippen LogP contribution in [0.5, 0.6) is 0 Å². The minimum Gasteiger partial charge on any atom is -0.369 e. The molecule has 0 unspecified atom stereocenters. The number of aryl methyl sites for hydroxylation is 1. The van der Waals surface area contributed by atoms with Crippen LogP contribution in [0.4, 0.5) is 10.3 Å². The van der Waals surface area contributed by atoms with Gasteiger partial charge < -0.3 is 5.73 Å². The van der Waals surface area contributed by atoms with E-state index in [9.17, 15) is 4.39 Å². The van der Waals surface area contributed by atoms with Gasteiger partial charge in [-0.05, 0) is 40.5 Å². The quantitative estimate of drug-likeness (QED) is 0.749. The van der Waals surface area contributed by atoms with Gasteiger partial charge in [-0.1, -0.05) is 12.1 Å². The van der Waals surface area contributed by atoms with Crippen LogP contribution in [-0.2, 0) is 0 Å². The summed E-state index contributed by atoms with van der Waals surface area (Å²) >= 11 is 3.32. The Hall–Kier alpha value is -1.95. The lowest BCUT2D eigenvalue weighted by molar-refractivity contribution is 0.618. The second-order valence-corrected chi connectivity index (χ2v) is 5.12. The first kappa shape index (κ1) is 12.1. The van der Waals surface area contributed by atoms with Crippen LogP contribution in [0.2, 0.25) is 0 Å². The van der Waals surface area contributed by atoms with E-state index < -0.39 is 0 Å². The minimum absolute atomic E-state index is 0.216. The van der Waals surface area contributed by atoms with Gasteiger partial charge in [0.15, 0.2) is 5.65 Å². The Morgan fingerprint density at radius 1 is 1.37 bits per heavy atom. The minimum atomic E-state index is -0.351. The zero-order valence-electron chi connectivity index (χ0n) is 10.1. The number of anilines is 1. The molecule has 0 amide bonds. The molecule has 2 aromatic heterocycles. The van der Waals surface area contributed by atoms with E-state index in [1.807, 2.05) is 13.0 Å². The highest BCUT2D eigenvalue weighted by Gasteiger charge is 2.16. The van der Waals surface area contributed by atoms with Crippen LogP contribution < -0.4 is 5.73 Å². The fraction of sp³-hybridized carbons (Fsp3) is 0.0769. The maximum absolute atomic E-state index is 14.1. The Labute approximate surface area is 117 Å². The van der Waals surface area contributed by atoms with E-state index >= 15 is 0 Å². The maximum Gasteiger partial charge on any atom is 0.207 e. The summed E-state index contributed by atoms with van der Waals surface area (Å²) in [5.41, 5.74) is 8.22. The molecule has 0 saturated carbocycles. The predicted molar refractivity (Wildman–Crippen MR) is 75.7 cm³/mol. The molecule has 0 atom stereocenters. The number of halogens is 2. The molecule has 2 heterocycles. The second-order valence-electron chi connectivity index (χ2n) is 4.21. The van der Waals surface area contributed by atoms with E-state index in [2.05, 4.69) is 25.9 Å². The smallest absolute Gasteiger partial charge is 0.207 e. The molecule has 0 saturated heterocycles. The summed E-state index contributed by atoms with van der Waals surface area (Å²) in [5.74, 6) is -0.135. The van der Waals surface area contributed by atoms with Crippen molar-refractivity contribution in [1.82, 2.24) is 14.5 Å². The summed E-state index contributed by atoms with van der Waals surface area (Å²) in [6.07, 6.45) is 1.64. The van der Waals surface area contributed by atoms with Gasteiger partial charge in [-0.2, -0.15) is 0 Å². The Morgan fingerprint density at radius 2 is 2.16 bits per heavy atom. The highest BCUT2D eigenvalue weighted by atomic mass is 79.9. The fourth-order valence-electron chi connectivity index (χ4n) is 2.08. The van der Waals surface area contributed by atoms with Gasteiger partial charge >= 0.3 is 0 Å². The van der Waals surface area contributed by atoms with Gasteiger partial charge in [0.05, 0.1) is 5.69 Å². The van der Waals surface area contributed by atoms with E-state index in [1.54, 1.807) is 18.3 Å². The summed E-state index contributed by atoms with van der Waals surface area (Å²) < 4.78 is 16.4. The second kappa shape index (κ2) is 4.31. The number of aromatic nitrogens is 3. The van der Waals surface area contributed by atoms with Crippen molar-refractivity contribution in [2.75, 3.05) is 5.73 Å². The van der Waals surface area contributed by atoms with Gasteiger partial charge in [0, 0.05) is 10.7 Å². The lowest BCUT2D eigenvalue weighted by Crippen LogP contribution is -2.05. The molecular formula is C13H10BrFN4. The van der Waals surface area contributed by atoms with Crippen molar-refractivity contribution in [2.24, 2.45) is 0 Å². The number of fused-ring (bicyclic) bond motifs is 1. The van der Waals surface area contributed by atoms with E-state index in [1.165, 1.54) is 10.6 Å². The molecule has 3 aromatic rings. The average Bonchev–Trinajstić information content (AvgIpc) is 2.65. The largest absolute Gasteiger partial charge is 0.369 e. The number of para-hydroxylation sites is 1. The number of nitrogens with two attached hydrogens (primary N) is 1. The third kappa shape index (κ3) is 1.88. The third-order valence-corrected chi connectivity index (χ3v) is 3.34. The molecule has 0 bridgehead atoms. The number of benzene rings is 1. The summed E-state index contributed by atoms with van der Waals surface area (Å²) in [6, 6.07) is 6.67. The molecule has 19 heavy (non-hydrogen) atoms. The molecule has 0 radical (unpaired) electrons. The van der Waals surface area contributed by atoms with Gasteiger partial charge in [-0.25, -0.2) is 14.4 Å². The van der Waals surface area contributed by atoms with Gasteiger partial charge in [0.2, 0.25) is 5.95 Å². The number of hydrogen-bond acceptors (Lipinski definition) is 3. The third-order valence-electron chi connectivity index (χ3n) is 2.90. The number of rotatable bonds is 1. The fourth-order valence-corrected chi connectivity index (χ4v) is 2.40. The molecule has 0 fully saturated rings. The maximum atomic E-state index is 14.1. The first-order valence-corrected chi connectivity index (χ1v) is 6.42. The average molecular weight is 321 g/mol. The molecule has 4 nitrogen and oxygen atoms in total. The van der Waals surface area contributed by atoms with Crippen LogP contribution in [0.25, 0.3) is 16.9 Å². The number of pyridine rings is 1.